The maximum absolute atomic E-state index is 10.0. The molecule has 0 amide bonds. The van der Waals surface area contributed by atoms with Crippen LogP contribution in [0, 0.1) is 5.92 Å². The molecular weight excluding hydrogens is 232 g/mol. The van der Waals surface area contributed by atoms with Gasteiger partial charge in [-0.05, 0) is 19.3 Å². The van der Waals surface area contributed by atoms with Crippen molar-refractivity contribution in [3.8, 4) is 0 Å². The molecule has 2 N–H and O–H groups in total. The minimum atomic E-state index is -0.527. The second-order valence-corrected chi connectivity index (χ2v) is 5.78. The summed E-state index contributed by atoms with van der Waals surface area (Å²) in [6.45, 7) is 0.544. The first-order valence-electron chi connectivity index (χ1n) is 7.05. The molecule has 2 aliphatic carbocycles. The van der Waals surface area contributed by atoms with Crippen molar-refractivity contribution in [1.29, 1.82) is 0 Å². The van der Waals surface area contributed by atoms with Crippen molar-refractivity contribution in [2.45, 2.75) is 62.6 Å². The van der Waals surface area contributed by atoms with Gasteiger partial charge in [-0.3, -0.25) is 0 Å². The lowest BCUT2D eigenvalue weighted by atomic mass is 9.85. The van der Waals surface area contributed by atoms with Crippen LogP contribution < -0.4 is 0 Å². The summed E-state index contributed by atoms with van der Waals surface area (Å²) < 4.78 is 12.0. The van der Waals surface area contributed by atoms with E-state index >= 15 is 0 Å². The van der Waals surface area contributed by atoms with E-state index in [1.807, 2.05) is 0 Å². The molecule has 3 rings (SSSR count). The zero-order valence-electron chi connectivity index (χ0n) is 10.6. The molecule has 1 spiro atoms. The zero-order valence-corrected chi connectivity index (χ0v) is 10.6. The van der Waals surface area contributed by atoms with Crippen molar-refractivity contribution in [2.24, 2.45) is 5.92 Å². The highest BCUT2D eigenvalue weighted by Crippen LogP contribution is 2.41. The lowest BCUT2D eigenvalue weighted by molar-refractivity contribution is -0.195. The van der Waals surface area contributed by atoms with Crippen LogP contribution in [0.3, 0.4) is 0 Å². The number of hydrogen-bond donors (Lipinski definition) is 2. The van der Waals surface area contributed by atoms with Crippen molar-refractivity contribution < 1.29 is 19.7 Å². The predicted molar refractivity (Wildman–Crippen MR) is 65.9 cm³/mol. The van der Waals surface area contributed by atoms with Gasteiger partial charge in [0, 0.05) is 18.8 Å². The van der Waals surface area contributed by atoms with E-state index in [0.717, 1.165) is 25.7 Å². The number of aliphatic hydroxyl groups is 2. The second kappa shape index (κ2) is 4.93. The highest BCUT2D eigenvalue weighted by atomic mass is 16.7. The van der Waals surface area contributed by atoms with Gasteiger partial charge in [0.05, 0.1) is 24.9 Å². The Morgan fingerprint density at radius 1 is 1.06 bits per heavy atom. The van der Waals surface area contributed by atoms with Gasteiger partial charge >= 0.3 is 0 Å². The van der Waals surface area contributed by atoms with Gasteiger partial charge in [0.15, 0.2) is 5.79 Å². The lowest BCUT2D eigenvalue weighted by Gasteiger charge is -2.34. The summed E-state index contributed by atoms with van der Waals surface area (Å²) >= 11 is 0. The maximum atomic E-state index is 10.0. The van der Waals surface area contributed by atoms with Crippen LogP contribution in [0.2, 0.25) is 0 Å². The molecule has 18 heavy (non-hydrogen) atoms. The number of rotatable bonds is 1. The van der Waals surface area contributed by atoms with Gasteiger partial charge in [0.1, 0.15) is 0 Å². The molecule has 4 heteroatoms. The van der Waals surface area contributed by atoms with E-state index < -0.39 is 18.0 Å². The quantitative estimate of drug-likeness (QED) is 0.694. The average Bonchev–Trinajstić information content (AvgIpc) is 2.77. The van der Waals surface area contributed by atoms with Gasteiger partial charge in [0.25, 0.3) is 0 Å². The van der Waals surface area contributed by atoms with Crippen LogP contribution in [-0.4, -0.2) is 40.9 Å². The Kier molecular flexibility index (Phi) is 3.45. The minimum Gasteiger partial charge on any atom is -0.389 e. The summed E-state index contributed by atoms with van der Waals surface area (Å²) in [6.07, 6.45) is 8.30. The molecule has 1 aliphatic heterocycles. The Balaban J connectivity index is 1.66. The van der Waals surface area contributed by atoms with Crippen molar-refractivity contribution in [1.82, 2.24) is 0 Å². The third-order valence-electron chi connectivity index (χ3n) is 4.45. The molecule has 2 fully saturated rings. The monoisotopic (exact) mass is 254 g/mol. The summed E-state index contributed by atoms with van der Waals surface area (Å²) in [6, 6.07) is 0. The fourth-order valence-electron chi connectivity index (χ4n) is 3.39. The summed E-state index contributed by atoms with van der Waals surface area (Å²) in [5, 5.41) is 19.7. The molecule has 0 radical (unpaired) electrons. The van der Waals surface area contributed by atoms with Crippen LogP contribution in [0.5, 0.6) is 0 Å². The zero-order chi connectivity index (χ0) is 12.6. The van der Waals surface area contributed by atoms with Crippen LogP contribution in [0.1, 0.15) is 38.5 Å². The van der Waals surface area contributed by atoms with Gasteiger partial charge in [-0.1, -0.05) is 18.6 Å². The van der Waals surface area contributed by atoms with Crippen LogP contribution in [0.25, 0.3) is 0 Å². The molecule has 0 unspecified atom stereocenters. The summed E-state index contributed by atoms with van der Waals surface area (Å²) in [5.74, 6) is -0.444. The Hall–Kier alpha value is -0.420. The van der Waals surface area contributed by atoms with Gasteiger partial charge in [-0.2, -0.15) is 0 Å². The molecule has 0 bridgehead atoms. The van der Waals surface area contributed by atoms with E-state index in [2.05, 4.69) is 0 Å². The highest BCUT2D eigenvalue weighted by Gasteiger charge is 2.46. The standard InChI is InChI=1S/C14H22O4/c15-10-4-5-12(16)11(8-10)13-9-17-14(18-13)6-2-1-3-7-14/h4-5,10-13,15-16H,1-3,6-9H2/t10-,11-,12+,13-/m1/s1. The summed E-state index contributed by atoms with van der Waals surface area (Å²) in [4.78, 5) is 0. The van der Waals surface area contributed by atoms with Crippen LogP contribution in [0.4, 0.5) is 0 Å². The normalized spacial score (nSPS) is 43.4. The molecular formula is C14H22O4. The molecule has 1 heterocycles. The minimum absolute atomic E-state index is 0.0497. The second-order valence-electron chi connectivity index (χ2n) is 5.78. The van der Waals surface area contributed by atoms with Crippen LogP contribution in [0.15, 0.2) is 12.2 Å². The van der Waals surface area contributed by atoms with E-state index in [0.29, 0.717) is 13.0 Å². The molecule has 0 aromatic heterocycles. The number of ether oxygens (including phenoxy) is 2. The molecule has 0 aromatic rings. The maximum Gasteiger partial charge on any atom is 0.168 e. The van der Waals surface area contributed by atoms with Gasteiger partial charge in [0.2, 0.25) is 0 Å². The van der Waals surface area contributed by atoms with Gasteiger partial charge < -0.3 is 19.7 Å². The Bertz CT molecular complexity index is 322. The Morgan fingerprint density at radius 2 is 1.83 bits per heavy atom. The fraction of sp³-hybridized carbons (Fsp3) is 0.857. The SMILES string of the molecule is O[C@@H]1C=C[C@H](O)[C@H]([C@H]2COC3(CCCCC3)O2)C1. The number of aliphatic hydroxyl groups excluding tert-OH is 2. The van der Waals surface area contributed by atoms with Crippen molar-refractivity contribution in [3.05, 3.63) is 12.2 Å². The smallest absolute Gasteiger partial charge is 0.168 e. The molecule has 4 nitrogen and oxygen atoms in total. The van der Waals surface area contributed by atoms with E-state index in [1.54, 1.807) is 12.2 Å². The lowest BCUT2D eigenvalue weighted by Crippen LogP contribution is -2.40. The summed E-state index contributed by atoms with van der Waals surface area (Å²) in [7, 11) is 0. The van der Waals surface area contributed by atoms with Gasteiger partial charge in [-0.15, -0.1) is 0 Å². The Morgan fingerprint density at radius 3 is 2.61 bits per heavy atom. The van der Waals surface area contributed by atoms with Crippen molar-refractivity contribution in [3.63, 3.8) is 0 Å². The Labute approximate surface area is 108 Å². The van der Waals surface area contributed by atoms with E-state index in [1.165, 1.54) is 6.42 Å². The topological polar surface area (TPSA) is 58.9 Å². The molecule has 1 saturated carbocycles. The third-order valence-corrected chi connectivity index (χ3v) is 4.45. The largest absolute Gasteiger partial charge is 0.389 e. The first-order chi connectivity index (χ1) is 8.69. The summed E-state index contributed by atoms with van der Waals surface area (Å²) in [5.41, 5.74) is 0. The predicted octanol–water partition coefficient (Wildman–Crippen LogP) is 1.36. The van der Waals surface area contributed by atoms with Gasteiger partial charge in [-0.25, -0.2) is 0 Å². The van der Waals surface area contributed by atoms with E-state index in [9.17, 15) is 10.2 Å². The molecule has 3 aliphatic rings. The first kappa shape index (κ1) is 12.6. The van der Waals surface area contributed by atoms with Crippen molar-refractivity contribution >= 4 is 0 Å². The molecule has 0 aromatic carbocycles. The fourth-order valence-corrected chi connectivity index (χ4v) is 3.39. The van der Waals surface area contributed by atoms with Crippen molar-refractivity contribution in [2.75, 3.05) is 6.61 Å². The van der Waals surface area contributed by atoms with E-state index in [4.69, 9.17) is 9.47 Å². The molecule has 4 atom stereocenters. The first-order valence-corrected chi connectivity index (χ1v) is 7.05. The third kappa shape index (κ3) is 2.35. The van der Waals surface area contributed by atoms with Crippen LogP contribution in [-0.2, 0) is 9.47 Å². The average molecular weight is 254 g/mol. The molecule has 102 valence electrons. The van der Waals surface area contributed by atoms with E-state index in [-0.39, 0.29) is 12.0 Å². The number of hydrogen-bond acceptors (Lipinski definition) is 4. The highest BCUT2D eigenvalue weighted by molar-refractivity contribution is 5.05. The van der Waals surface area contributed by atoms with Crippen LogP contribution >= 0.6 is 0 Å². The molecule has 1 saturated heterocycles.